The van der Waals surface area contributed by atoms with Crippen molar-refractivity contribution in [1.29, 1.82) is 0 Å². The molecule has 0 spiro atoms. The molecule has 0 fully saturated rings. The molecular formula is C10H14ClNO2. The van der Waals surface area contributed by atoms with E-state index < -0.39 is 0 Å². The van der Waals surface area contributed by atoms with E-state index in [1.54, 1.807) is 24.9 Å². The van der Waals surface area contributed by atoms with E-state index in [4.69, 9.17) is 16.0 Å². The number of alkyl halides is 1. The number of amides is 1. The van der Waals surface area contributed by atoms with Gasteiger partial charge in [0.2, 0.25) is 0 Å². The fourth-order valence-electron chi connectivity index (χ4n) is 1.24. The fraction of sp³-hybridized carbons (Fsp3) is 0.500. The Morgan fingerprint density at radius 2 is 2.36 bits per heavy atom. The second kappa shape index (κ2) is 4.51. The van der Waals surface area contributed by atoms with E-state index in [2.05, 4.69) is 0 Å². The van der Waals surface area contributed by atoms with Crippen LogP contribution in [0.3, 0.4) is 0 Å². The lowest BCUT2D eigenvalue weighted by molar-refractivity contribution is 0.0795. The van der Waals surface area contributed by atoms with Crippen molar-refractivity contribution in [1.82, 2.24) is 4.90 Å². The summed E-state index contributed by atoms with van der Waals surface area (Å²) in [5, 5.41) is -0.0445. The third-order valence-corrected chi connectivity index (χ3v) is 1.99. The average molecular weight is 216 g/mol. The molecule has 0 aliphatic carbocycles. The molecule has 0 aromatic carbocycles. The van der Waals surface area contributed by atoms with Crippen LogP contribution in [0, 0.1) is 6.92 Å². The molecule has 1 unspecified atom stereocenters. The van der Waals surface area contributed by atoms with Crippen LogP contribution in [0.1, 0.15) is 23.0 Å². The summed E-state index contributed by atoms with van der Waals surface area (Å²) >= 11 is 5.79. The van der Waals surface area contributed by atoms with Gasteiger partial charge in [-0.15, -0.1) is 11.6 Å². The first-order valence-corrected chi connectivity index (χ1v) is 4.89. The fourth-order valence-corrected chi connectivity index (χ4v) is 1.44. The Hall–Kier alpha value is -0.960. The number of carbonyl (C=O) groups excluding carboxylic acids is 1. The monoisotopic (exact) mass is 215 g/mol. The third-order valence-electron chi connectivity index (χ3n) is 1.85. The first kappa shape index (κ1) is 11.1. The lowest BCUT2D eigenvalue weighted by atomic mass is 10.2. The molecule has 1 aromatic rings. The van der Waals surface area contributed by atoms with Crippen molar-refractivity contribution in [2.24, 2.45) is 0 Å². The largest absolute Gasteiger partial charge is 0.469 e. The van der Waals surface area contributed by atoms with Crippen LogP contribution < -0.4 is 0 Å². The smallest absolute Gasteiger partial charge is 0.256 e. The maximum absolute atomic E-state index is 11.7. The van der Waals surface area contributed by atoms with E-state index in [9.17, 15) is 4.79 Å². The number of carbonyl (C=O) groups is 1. The Bertz CT molecular complexity index is 320. The highest BCUT2D eigenvalue weighted by Gasteiger charge is 2.14. The molecule has 1 atom stereocenters. The number of hydrogen-bond acceptors (Lipinski definition) is 2. The molecule has 0 aliphatic heterocycles. The van der Waals surface area contributed by atoms with Gasteiger partial charge in [-0.2, -0.15) is 0 Å². The molecule has 0 saturated heterocycles. The summed E-state index contributed by atoms with van der Waals surface area (Å²) in [6.45, 7) is 4.19. The van der Waals surface area contributed by atoms with Gasteiger partial charge in [-0.1, -0.05) is 0 Å². The van der Waals surface area contributed by atoms with Gasteiger partial charge in [-0.05, 0) is 19.9 Å². The predicted molar refractivity (Wildman–Crippen MR) is 55.7 cm³/mol. The van der Waals surface area contributed by atoms with Gasteiger partial charge in [0.05, 0.1) is 5.56 Å². The summed E-state index contributed by atoms with van der Waals surface area (Å²) in [6.07, 6.45) is 1.47. The Morgan fingerprint density at radius 3 is 2.79 bits per heavy atom. The highest BCUT2D eigenvalue weighted by Crippen LogP contribution is 2.09. The highest BCUT2D eigenvalue weighted by atomic mass is 35.5. The first-order chi connectivity index (χ1) is 6.50. The van der Waals surface area contributed by atoms with Crippen molar-refractivity contribution >= 4 is 17.5 Å². The second-order valence-electron chi connectivity index (χ2n) is 3.41. The van der Waals surface area contributed by atoms with Gasteiger partial charge in [0, 0.05) is 19.0 Å². The molecule has 0 N–H and O–H groups in total. The molecule has 1 amide bonds. The van der Waals surface area contributed by atoms with Crippen molar-refractivity contribution in [3.8, 4) is 0 Å². The van der Waals surface area contributed by atoms with Crippen molar-refractivity contribution in [3.63, 3.8) is 0 Å². The van der Waals surface area contributed by atoms with Crippen LogP contribution in [-0.4, -0.2) is 29.8 Å². The van der Waals surface area contributed by atoms with Crippen LogP contribution in [0.25, 0.3) is 0 Å². The van der Waals surface area contributed by atoms with Crippen LogP contribution in [0.4, 0.5) is 0 Å². The molecule has 1 rings (SSSR count). The number of rotatable bonds is 3. The van der Waals surface area contributed by atoms with E-state index in [0.717, 1.165) is 5.76 Å². The van der Waals surface area contributed by atoms with Gasteiger partial charge in [-0.25, -0.2) is 0 Å². The molecule has 1 aromatic heterocycles. The topological polar surface area (TPSA) is 33.5 Å². The van der Waals surface area contributed by atoms with Crippen LogP contribution in [0.15, 0.2) is 16.7 Å². The molecule has 0 radical (unpaired) electrons. The minimum absolute atomic E-state index is 0.0445. The second-order valence-corrected chi connectivity index (χ2v) is 4.16. The number of furan rings is 1. The Balaban J connectivity index is 2.65. The van der Waals surface area contributed by atoms with Crippen molar-refractivity contribution in [2.75, 3.05) is 13.6 Å². The summed E-state index contributed by atoms with van der Waals surface area (Å²) in [4.78, 5) is 13.3. The lowest BCUT2D eigenvalue weighted by Crippen LogP contribution is -2.31. The number of hydrogen-bond donors (Lipinski definition) is 0. The SMILES string of the molecule is Cc1cc(C(=O)N(C)CC(C)Cl)co1. The third kappa shape index (κ3) is 2.77. The van der Waals surface area contributed by atoms with Gasteiger partial charge >= 0.3 is 0 Å². The van der Waals surface area contributed by atoms with Crippen LogP contribution in [0.5, 0.6) is 0 Å². The van der Waals surface area contributed by atoms with E-state index in [0.29, 0.717) is 12.1 Å². The van der Waals surface area contributed by atoms with Gasteiger partial charge in [0.1, 0.15) is 12.0 Å². The van der Waals surface area contributed by atoms with Crippen LogP contribution in [0.2, 0.25) is 0 Å². The number of nitrogens with zero attached hydrogens (tertiary/aromatic N) is 1. The summed E-state index contributed by atoms with van der Waals surface area (Å²) in [6, 6.07) is 1.72. The molecular weight excluding hydrogens is 202 g/mol. The molecule has 3 nitrogen and oxygen atoms in total. The predicted octanol–water partition coefficient (Wildman–Crippen LogP) is 2.29. The minimum Gasteiger partial charge on any atom is -0.469 e. The van der Waals surface area contributed by atoms with Gasteiger partial charge in [-0.3, -0.25) is 4.79 Å². The van der Waals surface area contributed by atoms with Crippen molar-refractivity contribution in [2.45, 2.75) is 19.2 Å². The normalized spacial score (nSPS) is 12.6. The van der Waals surface area contributed by atoms with Crippen LogP contribution >= 0.6 is 11.6 Å². The molecule has 4 heteroatoms. The quantitative estimate of drug-likeness (QED) is 0.725. The van der Waals surface area contributed by atoms with Gasteiger partial charge < -0.3 is 9.32 Å². The minimum atomic E-state index is -0.0608. The maximum atomic E-state index is 11.7. The maximum Gasteiger partial charge on any atom is 0.256 e. The zero-order valence-electron chi connectivity index (χ0n) is 8.58. The van der Waals surface area contributed by atoms with E-state index in [-0.39, 0.29) is 11.3 Å². The highest BCUT2D eigenvalue weighted by molar-refractivity contribution is 6.20. The summed E-state index contributed by atoms with van der Waals surface area (Å²) in [5.74, 6) is 0.676. The Kier molecular flexibility index (Phi) is 3.58. The zero-order chi connectivity index (χ0) is 10.7. The number of halogens is 1. The summed E-state index contributed by atoms with van der Waals surface area (Å²) in [5.41, 5.74) is 0.572. The molecule has 14 heavy (non-hydrogen) atoms. The summed E-state index contributed by atoms with van der Waals surface area (Å²) < 4.78 is 5.06. The molecule has 1 heterocycles. The molecule has 0 aliphatic rings. The molecule has 0 bridgehead atoms. The lowest BCUT2D eigenvalue weighted by Gasteiger charge is -2.17. The molecule has 78 valence electrons. The van der Waals surface area contributed by atoms with Crippen molar-refractivity contribution in [3.05, 3.63) is 23.7 Å². The first-order valence-electron chi connectivity index (χ1n) is 4.45. The van der Waals surface area contributed by atoms with Crippen LogP contribution in [-0.2, 0) is 0 Å². The average Bonchev–Trinajstić information content (AvgIpc) is 2.49. The van der Waals surface area contributed by atoms with Gasteiger partial charge in [0.15, 0.2) is 0 Å². The zero-order valence-corrected chi connectivity index (χ0v) is 9.34. The van der Waals surface area contributed by atoms with Gasteiger partial charge in [0.25, 0.3) is 5.91 Å². The Morgan fingerprint density at radius 1 is 1.71 bits per heavy atom. The molecule has 0 saturated carbocycles. The van der Waals surface area contributed by atoms with E-state index in [1.807, 2.05) is 6.92 Å². The van der Waals surface area contributed by atoms with E-state index in [1.165, 1.54) is 6.26 Å². The van der Waals surface area contributed by atoms with Crippen molar-refractivity contribution < 1.29 is 9.21 Å². The van der Waals surface area contributed by atoms with E-state index >= 15 is 0 Å². The Labute approximate surface area is 88.6 Å². The number of aryl methyl sites for hydroxylation is 1. The standard InChI is InChI=1S/C10H14ClNO2/c1-7(11)5-12(3)10(13)9-4-8(2)14-6-9/h4,6-7H,5H2,1-3H3. The summed E-state index contributed by atoms with van der Waals surface area (Å²) in [7, 11) is 1.73.